The molecule has 0 spiro atoms. The van der Waals surface area contributed by atoms with E-state index < -0.39 is 17.1 Å². The Hall–Kier alpha value is -4.04. The average molecular weight is 446 g/mol. The number of carbonyl (C=O) groups excluding carboxylic acids is 1. The molecule has 1 heterocycles. The molecule has 1 unspecified atom stereocenters. The van der Waals surface area contributed by atoms with Crippen LogP contribution in [0, 0.1) is 0 Å². The second-order valence-electron chi connectivity index (χ2n) is 6.89. The van der Waals surface area contributed by atoms with Gasteiger partial charge < -0.3 is 15.3 Å². The Kier molecular flexibility index (Phi) is 5.96. The molecule has 0 saturated carbocycles. The molecule has 0 fully saturated rings. The average Bonchev–Trinajstić information content (AvgIpc) is 3.09. The third-order valence-corrected chi connectivity index (χ3v) is 5.89. The topological polar surface area (TPSA) is 110 Å². The van der Waals surface area contributed by atoms with E-state index in [2.05, 4.69) is 4.99 Å². The fourth-order valence-corrected chi connectivity index (χ4v) is 4.23. The summed E-state index contributed by atoms with van der Waals surface area (Å²) in [5.74, 6) is -1.83. The first-order chi connectivity index (χ1) is 15.4. The maximum atomic E-state index is 13.2. The van der Waals surface area contributed by atoms with Gasteiger partial charge in [0.05, 0.1) is 5.69 Å². The summed E-state index contributed by atoms with van der Waals surface area (Å²) in [6, 6.07) is 21.5. The summed E-state index contributed by atoms with van der Waals surface area (Å²) in [6.45, 7) is 0. The molecule has 3 aromatic carbocycles. The van der Waals surface area contributed by atoms with E-state index in [0.29, 0.717) is 16.8 Å². The molecular formula is C24H18N2O5S. The van der Waals surface area contributed by atoms with Crippen molar-refractivity contribution < 1.29 is 24.9 Å². The van der Waals surface area contributed by atoms with E-state index in [9.17, 15) is 24.9 Å². The van der Waals surface area contributed by atoms with Crippen LogP contribution in [0.5, 0.6) is 11.5 Å². The van der Waals surface area contributed by atoms with E-state index in [0.717, 1.165) is 17.8 Å². The van der Waals surface area contributed by atoms with Crippen LogP contribution < -0.4 is 4.90 Å². The predicted octanol–water partition coefficient (Wildman–Crippen LogP) is 4.40. The van der Waals surface area contributed by atoms with Crippen LogP contribution in [0.4, 0.5) is 5.69 Å². The van der Waals surface area contributed by atoms with Crippen LogP contribution in [-0.2, 0) is 9.59 Å². The quantitative estimate of drug-likeness (QED) is 0.501. The molecule has 0 radical (unpaired) electrons. The number of thioether (sulfide) groups is 1. The van der Waals surface area contributed by atoms with Gasteiger partial charge in [-0.25, -0.2) is 4.99 Å². The molecule has 1 aliphatic heterocycles. The number of hydrogen-bond acceptors (Lipinski definition) is 6. The van der Waals surface area contributed by atoms with Crippen molar-refractivity contribution in [2.24, 2.45) is 4.99 Å². The van der Waals surface area contributed by atoms with Gasteiger partial charge in [-0.2, -0.15) is 0 Å². The number of amidine groups is 1. The Morgan fingerprint density at radius 1 is 0.969 bits per heavy atom. The minimum atomic E-state index is -1.06. The van der Waals surface area contributed by atoms with Crippen LogP contribution in [0.1, 0.15) is 16.4 Å². The maximum Gasteiger partial charge on any atom is 0.321 e. The van der Waals surface area contributed by atoms with Gasteiger partial charge in [0.2, 0.25) is 0 Å². The lowest BCUT2D eigenvalue weighted by Crippen LogP contribution is -2.31. The van der Waals surface area contributed by atoms with Crippen LogP contribution in [0.15, 0.2) is 89.6 Å². The number of rotatable bonds is 5. The molecule has 8 heteroatoms. The van der Waals surface area contributed by atoms with Gasteiger partial charge in [-0.3, -0.25) is 14.5 Å². The molecule has 3 N–H and O–H groups in total. The first-order valence-electron chi connectivity index (χ1n) is 9.60. The van der Waals surface area contributed by atoms with Gasteiger partial charge in [0.15, 0.2) is 5.17 Å². The Balaban J connectivity index is 1.77. The lowest BCUT2D eigenvalue weighted by atomic mass is 10.1. The fraction of sp³-hybridized carbons (Fsp3) is 0.0417. The number of hydrogen-bond donors (Lipinski definition) is 3. The molecule has 32 heavy (non-hydrogen) atoms. The van der Waals surface area contributed by atoms with Gasteiger partial charge in [-0.1, -0.05) is 60.3 Å². The van der Waals surface area contributed by atoms with Crippen molar-refractivity contribution in [2.45, 2.75) is 5.25 Å². The smallest absolute Gasteiger partial charge is 0.321 e. The van der Waals surface area contributed by atoms with Crippen molar-refractivity contribution in [1.29, 1.82) is 0 Å². The number of phenols is 2. The summed E-state index contributed by atoms with van der Waals surface area (Å²) >= 11 is 0.953. The molecule has 0 bridgehead atoms. The van der Waals surface area contributed by atoms with Crippen molar-refractivity contribution in [3.05, 3.63) is 95.7 Å². The van der Waals surface area contributed by atoms with Crippen LogP contribution in [0.2, 0.25) is 0 Å². The molecule has 3 aromatic rings. The van der Waals surface area contributed by atoms with Crippen molar-refractivity contribution in [3.63, 3.8) is 0 Å². The van der Waals surface area contributed by atoms with Crippen molar-refractivity contribution in [1.82, 2.24) is 0 Å². The van der Waals surface area contributed by atoms with Gasteiger partial charge >= 0.3 is 5.97 Å². The highest BCUT2D eigenvalue weighted by Crippen LogP contribution is 2.37. The second kappa shape index (κ2) is 8.99. The van der Waals surface area contributed by atoms with E-state index in [1.54, 1.807) is 54.6 Å². The van der Waals surface area contributed by atoms with Gasteiger partial charge in [0.25, 0.3) is 5.91 Å². The number of amides is 1. The van der Waals surface area contributed by atoms with E-state index in [-0.39, 0.29) is 22.4 Å². The zero-order chi connectivity index (χ0) is 22.7. The highest BCUT2D eigenvalue weighted by molar-refractivity contribution is 8.15. The first kappa shape index (κ1) is 21.2. The molecule has 4 rings (SSSR count). The minimum Gasteiger partial charge on any atom is -0.508 e. The Morgan fingerprint density at radius 3 is 2.25 bits per heavy atom. The molecule has 0 aromatic heterocycles. The van der Waals surface area contributed by atoms with E-state index in [4.69, 9.17) is 0 Å². The summed E-state index contributed by atoms with van der Waals surface area (Å²) in [4.78, 5) is 31.0. The van der Waals surface area contributed by atoms with Gasteiger partial charge in [0, 0.05) is 11.6 Å². The summed E-state index contributed by atoms with van der Waals surface area (Å²) in [7, 11) is 0. The highest BCUT2D eigenvalue weighted by Gasteiger charge is 2.35. The minimum absolute atomic E-state index is 0.0366. The lowest BCUT2D eigenvalue weighted by Gasteiger charge is -2.20. The fourth-order valence-electron chi connectivity index (χ4n) is 3.18. The van der Waals surface area contributed by atoms with E-state index >= 15 is 0 Å². The lowest BCUT2D eigenvalue weighted by molar-refractivity contribution is -0.136. The number of carboxylic acids is 1. The number of anilines is 1. The summed E-state index contributed by atoms with van der Waals surface area (Å²) in [6.07, 6.45) is 1.40. The van der Waals surface area contributed by atoms with Crippen molar-refractivity contribution >= 4 is 40.6 Å². The number of aliphatic imine (C=N–C) groups is 1. The molecule has 160 valence electrons. The number of phenolic OH excluding ortho intramolecular Hbond substituents is 2. The first-order valence-corrected chi connectivity index (χ1v) is 10.5. The van der Waals surface area contributed by atoms with Crippen molar-refractivity contribution in [2.75, 3.05) is 4.90 Å². The van der Waals surface area contributed by atoms with Crippen LogP contribution >= 0.6 is 11.8 Å². The zero-order valence-electron chi connectivity index (χ0n) is 16.6. The van der Waals surface area contributed by atoms with Gasteiger partial charge in [-0.15, -0.1) is 0 Å². The Morgan fingerprint density at radius 2 is 1.62 bits per heavy atom. The summed E-state index contributed by atoms with van der Waals surface area (Å²) in [5, 5.41) is 28.6. The molecular weight excluding hydrogens is 428 g/mol. The summed E-state index contributed by atoms with van der Waals surface area (Å²) in [5.41, 5.74) is 1.45. The number of aromatic hydroxyl groups is 2. The number of carboxylic acid groups (broad SMARTS) is 1. The zero-order valence-corrected chi connectivity index (χ0v) is 17.4. The predicted molar refractivity (Wildman–Crippen MR) is 124 cm³/mol. The van der Waals surface area contributed by atoms with Gasteiger partial charge in [-0.05, 0) is 35.9 Å². The van der Waals surface area contributed by atoms with Crippen molar-refractivity contribution in [3.8, 4) is 11.5 Å². The van der Waals surface area contributed by atoms with E-state index in [1.807, 2.05) is 6.07 Å². The molecule has 1 atom stereocenters. The number of para-hydroxylation sites is 1. The number of aliphatic carboxylic acids is 1. The SMILES string of the molecule is O=C(O)C(SC1=N/C(=C\c2ccc(O)cc2O)C(=O)N1c1ccccc1)c1ccccc1. The summed E-state index contributed by atoms with van der Waals surface area (Å²) < 4.78 is 0. The Labute approximate surface area is 188 Å². The Bertz CT molecular complexity index is 1230. The third kappa shape index (κ3) is 4.35. The third-order valence-electron chi connectivity index (χ3n) is 4.70. The number of carbonyl (C=O) groups is 2. The molecule has 7 nitrogen and oxygen atoms in total. The van der Waals surface area contributed by atoms with Gasteiger partial charge in [0.1, 0.15) is 22.4 Å². The number of benzene rings is 3. The number of nitrogens with zero attached hydrogens (tertiary/aromatic N) is 2. The highest BCUT2D eigenvalue weighted by atomic mass is 32.2. The molecule has 1 aliphatic rings. The standard InChI is InChI=1S/C24H18N2O5S/c27-18-12-11-16(20(28)14-18)13-19-22(29)26(17-9-5-2-6-10-17)24(25-19)32-21(23(30)31)15-7-3-1-4-8-15/h1-14,21,27-28H,(H,30,31)/b19-13-. The van der Waals surface area contributed by atoms with Crippen LogP contribution in [-0.4, -0.2) is 32.4 Å². The van der Waals surface area contributed by atoms with Crippen LogP contribution in [0.25, 0.3) is 6.08 Å². The van der Waals surface area contributed by atoms with Crippen LogP contribution in [0.3, 0.4) is 0 Å². The monoisotopic (exact) mass is 446 g/mol. The molecule has 0 saturated heterocycles. The normalized spacial score (nSPS) is 15.6. The molecule has 0 aliphatic carbocycles. The second-order valence-corrected chi connectivity index (χ2v) is 7.96. The van der Waals surface area contributed by atoms with E-state index in [1.165, 1.54) is 23.1 Å². The molecule has 1 amide bonds. The largest absolute Gasteiger partial charge is 0.508 e. The maximum absolute atomic E-state index is 13.2.